The molecule has 0 aliphatic rings. The van der Waals surface area contributed by atoms with Gasteiger partial charge in [-0.1, -0.05) is 18.2 Å². The zero-order valence-corrected chi connectivity index (χ0v) is 10.3. The fraction of sp³-hybridized carbons (Fsp3) is 0.167. The van der Waals surface area contributed by atoms with E-state index < -0.39 is 12.0 Å². The van der Waals surface area contributed by atoms with Crippen LogP contribution >= 0.6 is 12.4 Å². The van der Waals surface area contributed by atoms with Gasteiger partial charge < -0.3 is 10.8 Å². The van der Waals surface area contributed by atoms with Crippen LogP contribution in [0.2, 0.25) is 0 Å². The molecule has 0 saturated carbocycles. The summed E-state index contributed by atoms with van der Waals surface area (Å²) in [6.45, 7) is 0. The molecule has 0 amide bonds. The Morgan fingerprint density at radius 1 is 1.44 bits per heavy atom. The van der Waals surface area contributed by atoms with Crippen LogP contribution in [0.1, 0.15) is 5.56 Å². The van der Waals surface area contributed by atoms with Gasteiger partial charge in [0.05, 0.1) is 5.52 Å². The summed E-state index contributed by atoms with van der Waals surface area (Å²) in [4.78, 5) is 21.6. The van der Waals surface area contributed by atoms with Crippen molar-refractivity contribution in [1.82, 2.24) is 4.57 Å². The molecule has 96 valence electrons. The van der Waals surface area contributed by atoms with E-state index in [0.29, 0.717) is 6.41 Å². The maximum Gasteiger partial charge on any atom is 0.320 e. The molecule has 1 atom stereocenters. The Bertz CT molecular complexity index is 580. The summed E-state index contributed by atoms with van der Waals surface area (Å²) in [5.74, 6) is -1.05. The molecule has 0 saturated heterocycles. The van der Waals surface area contributed by atoms with Crippen LogP contribution in [0.3, 0.4) is 0 Å². The molecule has 3 N–H and O–H groups in total. The molecule has 5 nitrogen and oxygen atoms in total. The Kier molecular flexibility index (Phi) is 4.47. The highest BCUT2D eigenvalue weighted by Crippen LogP contribution is 2.21. The van der Waals surface area contributed by atoms with Crippen LogP contribution in [0.15, 0.2) is 30.5 Å². The number of rotatable bonds is 4. The van der Waals surface area contributed by atoms with E-state index in [1.54, 1.807) is 12.3 Å². The normalized spacial score (nSPS) is 11.8. The van der Waals surface area contributed by atoms with Crippen molar-refractivity contribution in [3.63, 3.8) is 0 Å². The van der Waals surface area contributed by atoms with Gasteiger partial charge in [0.2, 0.25) is 6.41 Å². The second kappa shape index (κ2) is 5.66. The highest BCUT2D eigenvalue weighted by Gasteiger charge is 2.15. The molecular weight excluding hydrogens is 256 g/mol. The third-order valence-electron chi connectivity index (χ3n) is 2.69. The Morgan fingerprint density at radius 3 is 2.72 bits per heavy atom. The quantitative estimate of drug-likeness (QED) is 0.812. The van der Waals surface area contributed by atoms with Crippen LogP contribution in [-0.2, 0) is 16.0 Å². The number of halogens is 1. The predicted molar refractivity (Wildman–Crippen MR) is 70.6 cm³/mol. The number of benzene rings is 1. The van der Waals surface area contributed by atoms with Crippen LogP contribution in [0.25, 0.3) is 10.9 Å². The summed E-state index contributed by atoms with van der Waals surface area (Å²) in [5.41, 5.74) is 7.02. The lowest BCUT2D eigenvalue weighted by atomic mass is 10.1. The van der Waals surface area contributed by atoms with Crippen molar-refractivity contribution in [3.8, 4) is 0 Å². The molecule has 0 bridgehead atoms. The van der Waals surface area contributed by atoms with Crippen molar-refractivity contribution < 1.29 is 14.7 Å². The van der Waals surface area contributed by atoms with Crippen LogP contribution in [-0.4, -0.2) is 28.1 Å². The minimum atomic E-state index is -1.05. The molecule has 0 radical (unpaired) electrons. The summed E-state index contributed by atoms with van der Waals surface area (Å²) >= 11 is 0. The lowest BCUT2D eigenvalue weighted by Crippen LogP contribution is -2.32. The molecule has 2 aromatic rings. The molecule has 0 aliphatic heterocycles. The van der Waals surface area contributed by atoms with E-state index in [-0.39, 0.29) is 18.8 Å². The van der Waals surface area contributed by atoms with Gasteiger partial charge in [-0.05, 0) is 11.6 Å². The van der Waals surface area contributed by atoms with Gasteiger partial charge in [-0.2, -0.15) is 0 Å². The SMILES string of the molecule is Cl.N[C@H](Cc1cn(C=O)c2ccccc12)C(=O)O. The predicted octanol–water partition coefficient (Wildman–Crippen LogP) is 1.06. The molecule has 6 heteroatoms. The third-order valence-corrected chi connectivity index (χ3v) is 2.69. The zero-order valence-electron chi connectivity index (χ0n) is 9.45. The van der Waals surface area contributed by atoms with E-state index in [4.69, 9.17) is 10.8 Å². The largest absolute Gasteiger partial charge is 0.480 e. The Labute approximate surface area is 110 Å². The number of nitrogens with zero attached hydrogens (tertiary/aromatic N) is 1. The summed E-state index contributed by atoms with van der Waals surface area (Å²) in [5, 5.41) is 9.64. The van der Waals surface area contributed by atoms with Gasteiger partial charge in [-0.25, -0.2) is 0 Å². The topological polar surface area (TPSA) is 85.3 Å². The van der Waals surface area contributed by atoms with Gasteiger partial charge in [0.25, 0.3) is 0 Å². The number of hydrogen-bond acceptors (Lipinski definition) is 3. The number of aromatic nitrogens is 1. The average molecular weight is 269 g/mol. The molecule has 18 heavy (non-hydrogen) atoms. The minimum absolute atomic E-state index is 0. The molecule has 1 aromatic heterocycles. The standard InChI is InChI=1S/C12H12N2O3.ClH/c13-10(12(16)17)5-8-6-14(7-15)11-4-2-1-3-9(8)11;/h1-4,6-7,10H,5,13H2,(H,16,17);1H/t10-;/m1./s1. The van der Waals surface area contributed by atoms with Crippen molar-refractivity contribution in [2.75, 3.05) is 0 Å². The minimum Gasteiger partial charge on any atom is -0.480 e. The number of aliphatic carboxylic acids is 1. The van der Waals surface area contributed by atoms with E-state index >= 15 is 0 Å². The van der Waals surface area contributed by atoms with Crippen LogP contribution in [0, 0.1) is 0 Å². The van der Waals surface area contributed by atoms with E-state index in [0.717, 1.165) is 16.5 Å². The maximum atomic E-state index is 10.9. The highest BCUT2D eigenvalue weighted by atomic mass is 35.5. The van der Waals surface area contributed by atoms with Gasteiger partial charge in [0, 0.05) is 18.0 Å². The van der Waals surface area contributed by atoms with Crippen LogP contribution < -0.4 is 5.73 Å². The van der Waals surface area contributed by atoms with Crippen molar-refractivity contribution in [3.05, 3.63) is 36.0 Å². The number of nitrogens with two attached hydrogens (primary N) is 1. The molecular formula is C12H13ClN2O3. The van der Waals surface area contributed by atoms with Crippen molar-refractivity contribution >= 4 is 35.7 Å². The smallest absolute Gasteiger partial charge is 0.320 e. The second-order valence-corrected chi connectivity index (χ2v) is 3.83. The fourth-order valence-electron chi connectivity index (χ4n) is 1.85. The molecule has 2 rings (SSSR count). The summed E-state index contributed by atoms with van der Waals surface area (Å²) < 4.78 is 1.43. The van der Waals surface area contributed by atoms with Gasteiger partial charge in [0.15, 0.2) is 0 Å². The summed E-state index contributed by atoms with van der Waals surface area (Å²) in [7, 11) is 0. The van der Waals surface area contributed by atoms with Gasteiger partial charge in [-0.15, -0.1) is 12.4 Å². The van der Waals surface area contributed by atoms with Crippen molar-refractivity contribution in [2.24, 2.45) is 5.73 Å². The number of carbonyl (C=O) groups excluding carboxylic acids is 1. The number of fused-ring (bicyclic) bond motifs is 1. The molecule has 1 aromatic carbocycles. The second-order valence-electron chi connectivity index (χ2n) is 3.83. The van der Waals surface area contributed by atoms with E-state index in [2.05, 4.69) is 0 Å². The highest BCUT2D eigenvalue weighted by molar-refractivity contribution is 5.89. The number of carbonyl (C=O) groups is 2. The zero-order chi connectivity index (χ0) is 12.4. The average Bonchev–Trinajstić information content (AvgIpc) is 2.68. The van der Waals surface area contributed by atoms with E-state index in [1.165, 1.54) is 4.57 Å². The third kappa shape index (κ3) is 2.52. The molecule has 1 heterocycles. The lowest BCUT2D eigenvalue weighted by molar-refractivity contribution is -0.138. The van der Waals surface area contributed by atoms with Gasteiger partial charge in [-0.3, -0.25) is 14.2 Å². The van der Waals surface area contributed by atoms with Crippen molar-refractivity contribution in [1.29, 1.82) is 0 Å². The molecule has 0 fully saturated rings. The Hall–Kier alpha value is -1.85. The summed E-state index contributed by atoms with van der Waals surface area (Å²) in [6, 6.07) is 6.36. The van der Waals surface area contributed by atoms with Crippen molar-refractivity contribution in [2.45, 2.75) is 12.5 Å². The monoisotopic (exact) mass is 268 g/mol. The Balaban J connectivity index is 0.00000162. The first-order valence-electron chi connectivity index (χ1n) is 5.15. The van der Waals surface area contributed by atoms with Gasteiger partial charge >= 0.3 is 5.97 Å². The summed E-state index contributed by atoms with van der Waals surface area (Å²) in [6.07, 6.45) is 2.52. The maximum absolute atomic E-state index is 10.9. The first-order valence-corrected chi connectivity index (χ1v) is 5.15. The lowest BCUT2D eigenvalue weighted by Gasteiger charge is -2.04. The number of carboxylic acids is 1. The van der Waals surface area contributed by atoms with Crippen LogP contribution in [0.5, 0.6) is 0 Å². The number of carboxylic acid groups (broad SMARTS) is 1. The number of para-hydroxylation sites is 1. The first-order chi connectivity index (χ1) is 8.13. The molecule has 0 aliphatic carbocycles. The van der Waals surface area contributed by atoms with Crippen LogP contribution in [0.4, 0.5) is 0 Å². The Morgan fingerprint density at radius 2 is 2.11 bits per heavy atom. The number of hydrogen-bond donors (Lipinski definition) is 2. The van der Waals surface area contributed by atoms with Gasteiger partial charge in [0.1, 0.15) is 6.04 Å². The van der Waals surface area contributed by atoms with E-state index in [9.17, 15) is 9.59 Å². The molecule has 0 unspecified atom stereocenters. The molecule has 0 spiro atoms. The van der Waals surface area contributed by atoms with E-state index in [1.807, 2.05) is 18.2 Å². The first kappa shape index (κ1) is 14.2. The fourth-order valence-corrected chi connectivity index (χ4v) is 1.85.